The van der Waals surface area contributed by atoms with Crippen LogP contribution in [0.3, 0.4) is 0 Å². The van der Waals surface area contributed by atoms with Crippen molar-refractivity contribution in [2.24, 2.45) is 5.92 Å². The van der Waals surface area contributed by atoms with Gasteiger partial charge in [0.25, 0.3) is 0 Å². The van der Waals surface area contributed by atoms with Crippen molar-refractivity contribution < 1.29 is 53.9 Å². The molecule has 6 heteroatoms. The van der Waals surface area contributed by atoms with Gasteiger partial charge in [0, 0.05) is 0 Å². The van der Waals surface area contributed by atoms with Gasteiger partial charge in [0.15, 0.2) is 0 Å². The zero-order chi connectivity index (χ0) is 28.1. The van der Waals surface area contributed by atoms with Gasteiger partial charge < -0.3 is 22.6 Å². The second kappa shape index (κ2) is 15.2. The summed E-state index contributed by atoms with van der Waals surface area (Å²) in [5, 5.41) is 21.3. The van der Waals surface area contributed by atoms with Crippen LogP contribution in [0.5, 0.6) is 0 Å². The number of hydrogen-bond acceptors (Lipinski definition) is 2. The molecule has 3 aliphatic rings. The van der Waals surface area contributed by atoms with E-state index < -0.39 is 11.9 Å². The zero-order valence-electron chi connectivity index (χ0n) is 23.8. The first-order valence-electron chi connectivity index (χ1n) is 14.2. The summed E-state index contributed by atoms with van der Waals surface area (Å²) in [6.45, 7) is 2.42. The van der Waals surface area contributed by atoms with Gasteiger partial charge in [0.05, 0.1) is 11.1 Å². The zero-order valence-corrected chi connectivity index (χ0v) is 26.1. The Labute approximate surface area is 268 Å². The molecule has 3 aliphatic carbocycles. The fourth-order valence-corrected chi connectivity index (χ4v) is 6.33. The fourth-order valence-electron chi connectivity index (χ4n) is 6.33. The molecular formula is C36H35ClO4Ti. The Balaban J connectivity index is 0.000000169. The van der Waals surface area contributed by atoms with Gasteiger partial charge in [-0.3, -0.25) is 0 Å². The molecule has 0 fully saturated rings. The monoisotopic (exact) mass is 614 g/mol. The van der Waals surface area contributed by atoms with Crippen LogP contribution in [0, 0.1) is 12.3 Å². The number of hydrogen-bond donors (Lipinski definition) is 2. The van der Waals surface area contributed by atoms with Crippen molar-refractivity contribution in [2.45, 2.75) is 51.9 Å². The molecule has 1 unspecified atom stereocenters. The van der Waals surface area contributed by atoms with Gasteiger partial charge in [-0.2, -0.15) is 5.57 Å². The summed E-state index contributed by atoms with van der Waals surface area (Å²) in [4.78, 5) is 21.6. The van der Waals surface area contributed by atoms with Crippen molar-refractivity contribution in [1.82, 2.24) is 0 Å². The van der Waals surface area contributed by atoms with Gasteiger partial charge >= 0.3 is 33.7 Å². The fraction of sp³-hybridized carbons (Fsp3) is 0.250. The maximum Gasteiger partial charge on any atom is 2.00 e. The van der Waals surface area contributed by atoms with Crippen LogP contribution >= 0.6 is 0 Å². The van der Waals surface area contributed by atoms with E-state index in [1.807, 2.05) is 60.7 Å². The van der Waals surface area contributed by atoms with Gasteiger partial charge in [-0.05, 0) is 58.9 Å². The Morgan fingerprint density at radius 2 is 1.14 bits per heavy atom. The second-order valence-corrected chi connectivity index (χ2v) is 10.6. The van der Waals surface area contributed by atoms with Crippen molar-refractivity contribution in [3.8, 4) is 0 Å². The predicted octanol–water partition coefficient (Wildman–Crippen LogP) is 6.27. The topological polar surface area (TPSA) is 74.6 Å². The minimum Gasteiger partial charge on any atom is -1.00 e. The summed E-state index contributed by atoms with van der Waals surface area (Å²) >= 11 is 0. The molecule has 0 aliphatic heterocycles. The molecule has 0 saturated carbocycles. The number of carboxylic acids is 2. The normalized spacial score (nSPS) is 16.7. The Kier molecular flexibility index (Phi) is 12.1. The first-order chi connectivity index (χ1) is 19.5. The Bertz CT molecular complexity index is 1510. The molecule has 0 heterocycles. The smallest absolute Gasteiger partial charge is 1.00 e. The van der Waals surface area contributed by atoms with E-state index in [1.165, 1.54) is 44.9 Å². The minimum absolute atomic E-state index is 0. The van der Waals surface area contributed by atoms with Crippen LogP contribution in [0.2, 0.25) is 0 Å². The third kappa shape index (κ3) is 7.18. The summed E-state index contributed by atoms with van der Waals surface area (Å²) in [6, 6.07) is 25.5. The van der Waals surface area contributed by atoms with E-state index in [2.05, 4.69) is 13.3 Å². The first kappa shape index (κ1) is 33.2. The quantitative estimate of drug-likeness (QED) is 0.206. The molecule has 7 rings (SSSR count). The SMILES string of the molecule is CC1C2=C(CCC[CH-]2)C2=C1CCCC2.O=C(O)c1cccc2ccccc12.O=C(O)c1cccc2ccccc12.[Cl-].[Ti+2]. The largest absolute Gasteiger partial charge is 2.00 e. The van der Waals surface area contributed by atoms with Gasteiger partial charge in [-0.1, -0.05) is 105 Å². The van der Waals surface area contributed by atoms with E-state index in [1.54, 1.807) is 46.6 Å². The van der Waals surface area contributed by atoms with Crippen LogP contribution < -0.4 is 12.4 Å². The van der Waals surface area contributed by atoms with E-state index in [-0.39, 0.29) is 34.1 Å². The summed E-state index contributed by atoms with van der Waals surface area (Å²) in [6.07, 6.45) is 12.2. The molecule has 214 valence electrons. The number of fused-ring (bicyclic) bond motifs is 3. The Hall–Kier alpha value is -3.31. The summed E-state index contributed by atoms with van der Waals surface area (Å²) in [5.41, 5.74) is 7.78. The van der Waals surface area contributed by atoms with Crippen LogP contribution in [0.1, 0.15) is 72.6 Å². The molecule has 1 atom stereocenters. The van der Waals surface area contributed by atoms with Crippen molar-refractivity contribution in [1.29, 1.82) is 0 Å². The molecule has 0 saturated heterocycles. The first-order valence-corrected chi connectivity index (χ1v) is 14.2. The summed E-state index contributed by atoms with van der Waals surface area (Å²) < 4.78 is 0. The molecule has 42 heavy (non-hydrogen) atoms. The van der Waals surface area contributed by atoms with Crippen molar-refractivity contribution >= 4 is 33.5 Å². The average Bonchev–Trinajstić information content (AvgIpc) is 3.29. The molecule has 0 aromatic heterocycles. The third-order valence-corrected chi connectivity index (χ3v) is 8.25. The van der Waals surface area contributed by atoms with E-state index in [0.29, 0.717) is 11.1 Å². The van der Waals surface area contributed by atoms with Crippen LogP contribution in [-0.2, 0) is 21.7 Å². The van der Waals surface area contributed by atoms with E-state index in [9.17, 15) is 9.59 Å². The molecule has 2 N–H and O–H groups in total. The molecule has 4 nitrogen and oxygen atoms in total. The number of carbonyl (C=O) groups is 2. The summed E-state index contributed by atoms with van der Waals surface area (Å²) in [7, 11) is 0. The molecule has 0 radical (unpaired) electrons. The average molecular weight is 615 g/mol. The predicted molar refractivity (Wildman–Crippen MR) is 162 cm³/mol. The van der Waals surface area contributed by atoms with Gasteiger partial charge in [-0.15, -0.1) is 12.0 Å². The number of allylic oxidation sites excluding steroid dienone is 4. The maximum atomic E-state index is 10.8. The van der Waals surface area contributed by atoms with E-state index >= 15 is 0 Å². The van der Waals surface area contributed by atoms with Crippen LogP contribution in [0.4, 0.5) is 0 Å². The van der Waals surface area contributed by atoms with Crippen LogP contribution in [0.25, 0.3) is 21.5 Å². The van der Waals surface area contributed by atoms with Gasteiger partial charge in [0.1, 0.15) is 0 Å². The van der Waals surface area contributed by atoms with Gasteiger partial charge in [-0.25, -0.2) is 21.6 Å². The van der Waals surface area contributed by atoms with Crippen LogP contribution in [0.15, 0.2) is 107 Å². The van der Waals surface area contributed by atoms with Gasteiger partial charge in [0.2, 0.25) is 0 Å². The molecule has 0 amide bonds. The molecule has 0 bridgehead atoms. The molecule has 0 spiro atoms. The minimum atomic E-state index is -0.878. The van der Waals surface area contributed by atoms with Crippen LogP contribution in [-0.4, -0.2) is 22.2 Å². The molecule has 4 aromatic carbocycles. The van der Waals surface area contributed by atoms with E-state index in [0.717, 1.165) is 27.5 Å². The Morgan fingerprint density at radius 3 is 1.69 bits per heavy atom. The molecular weight excluding hydrogens is 580 g/mol. The summed E-state index contributed by atoms with van der Waals surface area (Å²) in [5.74, 6) is -0.978. The number of halogens is 1. The third-order valence-electron chi connectivity index (χ3n) is 8.25. The van der Waals surface area contributed by atoms with Crippen molar-refractivity contribution in [2.75, 3.05) is 0 Å². The number of benzene rings is 4. The Morgan fingerprint density at radius 1 is 0.667 bits per heavy atom. The van der Waals surface area contributed by atoms with Crippen molar-refractivity contribution in [3.05, 3.63) is 125 Å². The standard InChI is InChI=1S/C14H19.2C11H8O2.ClH.Ti/c1-10-11-6-2-4-8-13(11)14-9-5-3-7-12(10)14;2*12-11(13)10-7-3-5-8-4-1-2-6-9(8)10;;/h6,10H,2-5,7-9H2,1H3;2*1-7H,(H,12,13);1H;/q-1;;;;+2/p-1. The number of rotatable bonds is 2. The second-order valence-electron chi connectivity index (χ2n) is 10.6. The van der Waals surface area contributed by atoms with E-state index in [4.69, 9.17) is 10.2 Å². The molecule has 4 aromatic rings. The number of aromatic carboxylic acids is 2. The number of carboxylic acid groups (broad SMARTS) is 2. The maximum absolute atomic E-state index is 10.8. The van der Waals surface area contributed by atoms with Crippen molar-refractivity contribution in [3.63, 3.8) is 0 Å².